The van der Waals surface area contributed by atoms with Crippen LogP contribution in [0, 0.1) is 5.92 Å². The Kier molecular flexibility index (Phi) is 4.49. The number of rotatable bonds is 3. The van der Waals surface area contributed by atoms with Crippen LogP contribution >= 0.6 is 23.2 Å². The zero-order valence-electron chi connectivity index (χ0n) is 11.5. The van der Waals surface area contributed by atoms with Crippen LogP contribution in [0.4, 0.5) is 0 Å². The molecule has 0 spiro atoms. The molecule has 21 heavy (non-hydrogen) atoms. The van der Waals surface area contributed by atoms with E-state index in [1.54, 1.807) is 19.1 Å². The van der Waals surface area contributed by atoms with Crippen molar-refractivity contribution >= 4 is 46.4 Å². The summed E-state index contributed by atoms with van der Waals surface area (Å²) in [6, 6.07) is 4.66. The zero-order valence-corrected chi connectivity index (χ0v) is 13.0. The van der Waals surface area contributed by atoms with Gasteiger partial charge in [0.1, 0.15) is 5.57 Å². The van der Waals surface area contributed by atoms with Crippen LogP contribution in [0.3, 0.4) is 0 Å². The molecule has 0 radical (unpaired) electrons. The van der Waals surface area contributed by atoms with Gasteiger partial charge >= 0.3 is 5.97 Å². The molecule has 2 rings (SSSR count). The Bertz CT molecular complexity index is 692. The Morgan fingerprint density at radius 1 is 1.33 bits per heavy atom. The van der Waals surface area contributed by atoms with E-state index in [1.807, 2.05) is 6.92 Å². The average molecular weight is 326 g/mol. The summed E-state index contributed by atoms with van der Waals surface area (Å²) >= 11 is 11.8. The lowest BCUT2D eigenvalue weighted by Gasteiger charge is -2.21. The molecule has 4 nitrogen and oxygen atoms in total. The Labute approximate surface area is 132 Å². The molecular formula is C15H13Cl2NO3. The summed E-state index contributed by atoms with van der Waals surface area (Å²) in [5, 5.41) is 9.99. The van der Waals surface area contributed by atoms with Crippen molar-refractivity contribution in [2.75, 3.05) is 0 Å². The van der Waals surface area contributed by atoms with E-state index in [9.17, 15) is 14.7 Å². The van der Waals surface area contributed by atoms with Gasteiger partial charge in [-0.2, -0.15) is 0 Å². The maximum atomic E-state index is 12.4. The minimum atomic E-state index is -1.28. The van der Waals surface area contributed by atoms with E-state index in [0.717, 1.165) is 0 Å². The third-order valence-corrected chi connectivity index (χ3v) is 4.15. The van der Waals surface area contributed by atoms with E-state index in [0.29, 0.717) is 22.7 Å². The number of benzene rings is 1. The summed E-state index contributed by atoms with van der Waals surface area (Å²) in [5.74, 6) is -2.18. The highest BCUT2D eigenvalue weighted by molar-refractivity contribution is 6.42. The summed E-state index contributed by atoms with van der Waals surface area (Å²) in [5.41, 5.74) is 0.900. The predicted octanol–water partition coefficient (Wildman–Crippen LogP) is 3.86. The van der Waals surface area contributed by atoms with E-state index >= 15 is 0 Å². The van der Waals surface area contributed by atoms with Crippen LogP contribution in [0.1, 0.15) is 25.8 Å². The number of carboxylic acid groups (broad SMARTS) is 1. The number of aliphatic imine (C=N–C) groups is 1. The van der Waals surface area contributed by atoms with Crippen molar-refractivity contribution in [1.29, 1.82) is 0 Å². The molecule has 110 valence electrons. The largest absolute Gasteiger partial charge is 0.477 e. The third kappa shape index (κ3) is 2.87. The van der Waals surface area contributed by atoms with Gasteiger partial charge in [0.15, 0.2) is 5.78 Å². The average Bonchev–Trinajstić information content (AvgIpc) is 2.41. The van der Waals surface area contributed by atoms with Crippen molar-refractivity contribution in [1.82, 2.24) is 0 Å². The number of halogens is 2. The third-order valence-electron chi connectivity index (χ3n) is 3.41. The van der Waals surface area contributed by atoms with Crippen molar-refractivity contribution in [2.45, 2.75) is 20.3 Å². The summed E-state index contributed by atoms with van der Waals surface area (Å²) in [7, 11) is 0. The van der Waals surface area contributed by atoms with Crippen LogP contribution in [0.15, 0.2) is 28.8 Å². The SMILES string of the molecule is CCC1C(=O)C(C(=O)O)=C(c2ccc(Cl)c(Cl)c2)N=C1C. The lowest BCUT2D eigenvalue weighted by Crippen LogP contribution is -2.30. The van der Waals surface area contributed by atoms with Gasteiger partial charge in [0.2, 0.25) is 0 Å². The van der Waals surface area contributed by atoms with Crippen LogP contribution in [-0.4, -0.2) is 22.6 Å². The number of nitrogens with zero attached hydrogens (tertiary/aromatic N) is 1. The Morgan fingerprint density at radius 2 is 2.00 bits per heavy atom. The molecule has 0 bridgehead atoms. The van der Waals surface area contributed by atoms with E-state index in [2.05, 4.69) is 4.99 Å². The number of hydrogen-bond donors (Lipinski definition) is 1. The summed E-state index contributed by atoms with van der Waals surface area (Å²) < 4.78 is 0. The molecule has 0 fully saturated rings. The number of aliphatic carboxylic acids is 1. The smallest absolute Gasteiger partial charge is 0.341 e. The Morgan fingerprint density at radius 3 is 2.52 bits per heavy atom. The fourth-order valence-corrected chi connectivity index (χ4v) is 2.63. The van der Waals surface area contributed by atoms with Gasteiger partial charge in [-0.25, -0.2) is 4.79 Å². The molecule has 0 amide bonds. The highest BCUT2D eigenvalue weighted by Crippen LogP contribution is 2.33. The normalized spacial score (nSPS) is 18.8. The zero-order chi connectivity index (χ0) is 15.7. The van der Waals surface area contributed by atoms with Crippen molar-refractivity contribution in [3.63, 3.8) is 0 Å². The van der Waals surface area contributed by atoms with Gasteiger partial charge in [0.05, 0.1) is 21.7 Å². The second-order valence-electron chi connectivity index (χ2n) is 4.74. The maximum Gasteiger partial charge on any atom is 0.341 e. The predicted molar refractivity (Wildman–Crippen MR) is 82.9 cm³/mol. The van der Waals surface area contributed by atoms with Crippen molar-refractivity contribution in [2.24, 2.45) is 10.9 Å². The van der Waals surface area contributed by atoms with E-state index in [4.69, 9.17) is 23.2 Å². The molecule has 0 aromatic heterocycles. The van der Waals surface area contributed by atoms with E-state index in [1.165, 1.54) is 6.07 Å². The lowest BCUT2D eigenvalue weighted by atomic mass is 9.86. The molecule has 1 aromatic rings. The molecule has 1 heterocycles. The topological polar surface area (TPSA) is 66.7 Å². The second kappa shape index (κ2) is 6.00. The van der Waals surface area contributed by atoms with Crippen LogP contribution in [0.25, 0.3) is 5.70 Å². The van der Waals surface area contributed by atoms with Gasteiger partial charge in [0, 0.05) is 11.3 Å². The Balaban J connectivity index is 2.67. The fourth-order valence-electron chi connectivity index (χ4n) is 2.33. The molecular weight excluding hydrogens is 313 g/mol. The minimum absolute atomic E-state index is 0.133. The first kappa shape index (κ1) is 15.7. The van der Waals surface area contributed by atoms with Gasteiger partial charge in [-0.1, -0.05) is 36.2 Å². The maximum absolute atomic E-state index is 12.4. The van der Waals surface area contributed by atoms with Gasteiger partial charge in [0.25, 0.3) is 0 Å². The van der Waals surface area contributed by atoms with Gasteiger partial charge in [-0.3, -0.25) is 9.79 Å². The lowest BCUT2D eigenvalue weighted by molar-refractivity contribution is -0.134. The fraction of sp³-hybridized carbons (Fsp3) is 0.267. The monoisotopic (exact) mass is 325 g/mol. The molecule has 0 saturated heterocycles. The van der Waals surface area contributed by atoms with Crippen molar-refractivity contribution < 1.29 is 14.7 Å². The molecule has 6 heteroatoms. The van der Waals surface area contributed by atoms with Gasteiger partial charge in [-0.05, 0) is 25.5 Å². The van der Waals surface area contributed by atoms with E-state index in [-0.39, 0.29) is 16.3 Å². The first-order chi connectivity index (χ1) is 9.86. The summed E-state index contributed by atoms with van der Waals surface area (Å²) in [6.45, 7) is 3.55. The van der Waals surface area contributed by atoms with Gasteiger partial charge in [-0.15, -0.1) is 0 Å². The summed E-state index contributed by atoms with van der Waals surface area (Å²) in [6.07, 6.45) is 0.513. The first-order valence-corrected chi connectivity index (χ1v) is 7.14. The Hall–Kier alpha value is -1.65. The highest BCUT2D eigenvalue weighted by Gasteiger charge is 2.34. The number of hydrogen-bond acceptors (Lipinski definition) is 3. The molecule has 1 atom stereocenters. The molecule has 0 saturated carbocycles. The molecule has 0 aliphatic carbocycles. The van der Waals surface area contributed by atoms with E-state index < -0.39 is 17.7 Å². The molecule has 1 aliphatic heterocycles. The van der Waals surface area contributed by atoms with Gasteiger partial charge < -0.3 is 5.11 Å². The standard InChI is InChI=1S/C15H13Cl2NO3/c1-3-9-7(2)18-13(12(14(9)19)15(20)21)8-4-5-10(16)11(17)6-8/h4-6,9H,3H2,1-2H3,(H,20,21). The quantitative estimate of drug-likeness (QED) is 0.858. The van der Waals surface area contributed by atoms with Crippen LogP contribution in [-0.2, 0) is 9.59 Å². The number of carboxylic acids is 1. The van der Waals surface area contributed by atoms with Crippen LogP contribution < -0.4 is 0 Å². The molecule has 1 N–H and O–H groups in total. The second-order valence-corrected chi connectivity index (χ2v) is 5.55. The van der Waals surface area contributed by atoms with Crippen LogP contribution in [0.2, 0.25) is 10.0 Å². The molecule has 1 unspecified atom stereocenters. The first-order valence-electron chi connectivity index (χ1n) is 6.39. The minimum Gasteiger partial charge on any atom is -0.477 e. The number of carbonyl (C=O) groups excluding carboxylic acids is 1. The number of Topliss-reactive ketones (excluding diaryl/α,β-unsaturated/α-hetero) is 1. The molecule has 1 aliphatic rings. The molecule has 1 aromatic carbocycles. The highest BCUT2D eigenvalue weighted by atomic mass is 35.5. The number of carbonyl (C=O) groups is 2. The number of ketones is 1. The summed E-state index contributed by atoms with van der Waals surface area (Å²) in [4.78, 5) is 28.1. The van der Waals surface area contributed by atoms with Crippen LogP contribution in [0.5, 0.6) is 0 Å². The van der Waals surface area contributed by atoms with Crippen molar-refractivity contribution in [3.05, 3.63) is 39.4 Å². The van der Waals surface area contributed by atoms with Crippen molar-refractivity contribution in [3.8, 4) is 0 Å².